The van der Waals surface area contributed by atoms with Crippen molar-refractivity contribution in [3.05, 3.63) is 58.9 Å². The van der Waals surface area contributed by atoms with E-state index in [1.54, 1.807) is 7.11 Å². The van der Waals surface area contributed by atoms with Gasteiger partial charge in [0.25, 0.3) is 0 Å². The van der Waals surface area contributed by atoms with Crippen molar-refractivity contribution in [2.75, 3.05) is 7.11 Å². The molecule has 2 aromatic carbocycles. The van der Waals surface area contributed by atoms with E-state index in [0.717, 1.165) is 22.8 Å². The molecule has 5 heteroatoms. The molecule has 118 valence electrons. The number of ether oxygens (including phenoxy) is 1. The van der Waals surface area contributed by atoms with Gasteiger partial charge in [-0.2, -0.15) is 5.10 Å². The minimum absolute atomic E-state index is 0.395. The number of aromatic amines is 1. The van der Waals surface area contributed by atoms with Crippen molar-refractivity contribution in [1.82, 2.24) is 14.8 Å². The summed E-state index contributed by atoms with van der Waals surface area (Å²) in [4.78, 5) is 0. The Kier molecular flexibility index (Phi) is 4.30. The molecule has 0 aliphatic heterocycles. The quantitative estimate of drug-likeness (QED) is 0.705. The molecule has 0 spiro atoms. The van der Waals surface area contributed by atoms with E-state index in [2.05, 4.69) is 42.2 Å². The summed E-state index contributed by atoms with van der Waals surface area (Å²) in [6.07, 6.45) is 0. The Morgan fingerprint density at radius 2 is 1.78 bits per heavy atom. The van der Waals surface area contributed by atoms with E-state index in [0.29, 0.717) is 10.7 Å². The summed E-state index contributed by atoms with van der Waals surface area (Å²) in [5, 5.41) is 7.34. The van der Waals surface area contributed by atoms with Gasteiger partial charge in [0.2, 0.25) is 0 Å². The number of hydrogen-bond acceptors (Lipinski definition) is 3. The highest BCUT2D eigenvalue weighted by Crippen LogP contribution is 2.28. The van der Waals surface area contributed by atoms with E-state index in [4.69, 9.17) is 17.0 Å². The van der Waals surface area contributed by atoms with Crippen LogP contribution in [0, 0.1) is 4.77 Å². The van der Waals surface area contributed by atoms with Gasteiger partial charge in [-0.1, -0.05) is 32.0 Å². The molecule has 0 atom stereocenters. The van der Waals surface area contributed by atoms with Crippen LogP contribution in [0.3, 0.4) is 0 Å². The number of H-pyrrole nitrogens is 1. The molecule has 0 unspecified atom stereocenters. The smallest absolute Gasteiger partial charge is 0.200 e. The lowest BCUT2D eigenvalue weighted by Crippen LogP contribution is -2.03. The molecule has 0 bridgehead atoms. The molecule has 0 radical (unpaired) electrons. The van der Waals surface area contributed by atoms with Crippen LogP contribution in [0.4, 0.5) is 0 Å². The molecular weight excluding hydrogens is 306 g/mol. The first kappa shape index (κ1) is 15.5. The largest absolute Gasteiger partial charge is 0.497 e. The molecular formula is C18H19N3OS. The molecule has 1 aromatic heterocycles. The predicted molar refractivity (Wildman–Crippen MR) is 94.8 cm³/mol. The second kappa shape index (κ2) is 6.38. The molecule has 0 saturated carbocycles. The normalized spacial score (nSPS) is 11.0. The highest BCUT2D eigenvalue weighted by atomic mass is 32.1. The summed E-state index contributed by atoms with van der Waals surface area (Å²) in [5.74, 6) is 2.01. The zero-order chi connectivity index (χ0) is 16.4. The second-order valence-corrected chi connectivity index (χ2v) is 6.02. The highest BCUT2D eigenvalue weighted by Gasteiger charge is 2.15. The van der Waals surface area contributed by atoms with E-state index in [9.17, 15) is 0 Å². The fraction of sp³-hybridized carbons (Fsp3) is 0.222. The van der Waals surface area contributed by atoms with Crippen molar-refractivity contribution in [3.8, 4) is 22.8 Å². The van der Waals surface area contributed by atoms with Crippen molar-refractivity contribution in [3.63, 3.8) is 0 Å². The van der Waals surface area contributed by atoms with Crippen LogP contribution in [0.1, 0.15) is 25.3 Å². The average Bonchev–Trinajstić information content (AvgIpc) is 2.96. The zero-order valence-electron chi connectivity index (χ0n) is 13.4. The van der Waals surface area contributed by atoms with Gasteiger partial charge in [0.05, 0.1) is 12.8 Å². The fourth-order valence-electron chi connectivity index (χ4n) is 2.63. The number of para-hydroxylation sites is 1. The summed E-state index contributed by atoms with van der Waals surface area (Å²) in [5.41, 5.74) is 3.28. The van der Waals surface area contributed by atoms with E-state index in [1.807, 2.05) is 34.9 Å². The Morgan fingerprint density at radius 1 is 1.09 bits per heavy atom. The van der Waals surface area contributed by atoms with Crippen LogP contribution in [0.2, 0.25) is 0 Å². The third-order valence-electron chi connectivity index (χ3n) is 3.82. The summed E-state index contributed by atoms with van der Waals surface area (Å²) in [6.45, 7) is 4.35. The molecule has 3 rings (SSSR count). The van der Waals surface area contributed by atoms with Crippen LogP contribution in [-0.2, 0) is 0 Å². The van der Waals surface area contributed by atoms with Crippen molar-refractivity contribution in [1.29, 1.82) is 0 Å². The maximum Gasteiger partial charge on any atom is 0.200 e. The van der Waals surface area contributed by atoms with E-state index in [1.165, 1.54) is 5.56 Å². The second-order valence-electron chi connectivity index (χ2n) is 5.63. The molecule has 0 amide bonds. The third kappa shape index (κ3) is 2.92. The van der Waals surface area contributed by atoms with Crippen molar-refractivity contribution in [2.24, 2.45) is 0 Å². The first-order valence-corrected chi connectivity index (χ1v) is 7.93. The van der Waals surface area contributed by atoms with E-state index in [-0.39, 0.29) is 0 Å². The lowest BCUT2D eigenvalue weighted by molar-refractivity contribution is 0.415. The number of rotatable bonds is 4. The van der Waals surface area contributed by atoms with Crippen LogP contribution in [0.5, 0.6) is 5.75 Å². The maximum absolute atomic E-state index is 5.47. The van der Waals surface area contributed by atoms with Crippen LogP contribution in [0.15, 0.2) is 48.5 Å². The number of nitrogens with zero attached hydrogens (tertiary/aromatic N) is 2. The molecule has 0 fully saturated rings. The zero-order valence-corrected chi connectivity index (χ0v) is 14.2. The van der Waals surface area contributed by atoms with E-state index < -0.39 is 0 Å². The number of benzene rings is 2. The highest BCUT2D eigenvalue weighted by molar-refractivity contribution is 7.71. The molecule has 0 saturated heterocycles. The SMILES string of the molecule is COc1ccc(-c2n[nH]c(=S)n2-c2ccccc2C(C)C)cc1. The molecule has 23 heavy (non-hydrogen) atoms. The third-order valence-corrected chi connectivity index (χ3v) is 4.09. The van der Waals surface area contributed by atoms with Crippen LogP contribution in [-0.4, -0.2) is 21.9 Å². The van der Waals surface area contributed by atoms with Gasteiger partial charge in [0.1, 0.15) is 5.75 Å². The monoisotopic (exact) mass is 325 g/mol. The summed E-state index contributed by atoms with van der Waals surface area (Å²) in [7, 11) is 1.66. The van der Waals surface area contributed by atoms with Gasteiger partial charge >= 0.3 is 0 Å². The molecule has 4 nitrogen and oxygen atoms in total. The van der Waals surface area contributed by atoms with Crippen molar-refractivity contribution in [2.45, 2.75) is 19.8 Å². The fourth-order valence-corrected chi connectivity index (χ4v) is 2.86. The topological polar surface area (TPSA) is 42.8 Å². The van der Waals surface area contributed by atoms with Crippen molar-refractivity contribution < 1.29 is 4.74 Å². The molecule has 3 aromatic rings. The van der Waals surface area contributed by atoms with Gasteiger partial charge < -0.3 is 4.74 Å². The lowest BCUT2D eigenvalue weighted by atomic mass is 10.0. The standard InChI is InChI=1S/C18H19N3OS/c1-12(2)15-6-4-5-7-16(15)21-17(19-20-18(21)23)13-8-10-14(22-3)11-9-13/h4-12H,1-3H3,(H,20,23). The van der Waals surface area contributed by atoms with E-state index >= 15 is 0 Å². The molecule has 1 N–H and O–H groups in total. The first-order valence-electron chi connectivity index (χ1n) is 7.53. The number of hydrogen-bond donors (Lipinski definition) is 1. The maximum atomic E-state index is 5.47. The lowest BCUT2D eigenvalue weighted by Gasteiger charge is -2.15. The first-order chi connectivity index (χ1) is 11.1. The summed E-state index contributed by atoms with van der Waals surface area (Å²) < 4.78 is 7.80. The Hall–Kier alpha value is -2.40. The minimum atomic E-state index is 0.395. The Labute approximate surface area is 140 Å². The van der Waals surface area contributed by atoms with Crippen LogP contribution < -0.4 is 4.74 Å². The van der Waals surface area contributed by atoms with Crippen LogP contribution >= 0.6 is 12.2 Å². The van der Waals surface area contributed by atoms with Crippen molar-refractivity contribution >= 4 is 12.2 Å². The average molecular weight is 325 g/mol. The molecule has 1 heterocycles. The molecule has 0 aliphatic rings. The number of methoxy groups -OCH3 is 1. The van der Waals surface area contributed by atoms with Gasteiger partial charge in [-0.05, 0) is 54.0 Å². The Morgan fingerprint density at radius 3 is 2.43 bits per heavy atom. The minimum Gasteiger partial charge on any atom is -0.497 e. The Balaban J connectivity index is 2.18. The number of aromatic nitrogens is 3. The Bertz CT molecular complexity index is 862. The van der Waals surface area contributed by atoms with Gasteiger partial charge in [-0.25, -0.2) is 0 Å². The van der Waals surface area contributed by atoms with Gasteiger partial charge in [-0.15, -0.1) is 0 Å². The van der Waals surface area contributed by atoms with Gasteiger partial charge in [-0.3, -0.25) is 9.67 Å². The van der Waals surface area contributed by atoms with Gasteiger partial charge in [0, 0.05) is 5.56 Å². The predicted octanol–water partition coefficient (Wildman–Crippen LogP) is 4.73. The summed E-state index contributed by atoms with van der Waals surface area (Å²) >= 11 is 5.47. The molecule has 0 aliphatic carbocycles. The summed E-state index contributed by atoms with van der Waals surface area (Å²) in [6, 6.07) is 16.1. The van der Waals surface area contributed by atoms with Crippen LogP contribution in [0.25, 0.3) is 17.1 Å². The van der Waals surface area contributed by atoms with Gasteiger partial charge in [0.15, 0.2) is 10.6 Å². The number of nitrogens with one attached hydrogen (secondary N) is 1.